The predicted octanol–water partition coefficient (Wildman–Crippen LogP) is 4.79. The molecule has 1 aromatic heterocycles. The molecule has 1 amide bonds. The Kier molecular flexibility index (Phi) is 8.32. The summed E-state index contributed by atoms with van der Waals surface area (Å²) in [6, 6.07) is 14.0. The van der Waals surface area contributed by atoms with Crippen molar-refractivity contribution in [3.63, 3.8) is 0 Å². The predicted molar refractivity (Wildman–Crippen MR) is 121 cm³/mol. The molecular formula is C24H25ClN2O6. The van der Waals surface area contributed by atoms with Crippen LogP contribution in [0.3, 0.4) is 0 Å². The number of hydrogen-bond donors (Lipinski definition) is 1. The Balaban J connectivity index is 1.58. The number of aryl methyl sites for hydroxylation is 2. The van der Waals surface area contributed by atoms with Gasteiger partial charge in [0.2, 0.25) is 0 Å². The van der Waals surface area contributed by atoms with Crippen molar-refractivity contribution in [3.8, 4) is 5.75 Å². The molecule has 0 aliphatic heterocycles. The average Bonchev–Trinajstić information content (AvgIpc) is 3.09. The average molecular weight is 473 g/mol. The van der Waals surface area contributed by atoms with Gasteiger partial charge in [0.1, 0.15) is 24.7 Å². The molecule has 0 saturated heterocycles. The number of ether oxygens (including phenoxy) is 2. The number of rotatable bonds is 10. The fourth-order valence-electron chi connectivity index (χ4n) is 3.19. The Labute approximate surface area is 196 Å². The zero-order chi connectivity index (χ0) is 23.8. The van der Waals surface area contributed by atoms with Crippen LogP contribution in [0.15, 0.2) is 52.9 Å². The third-order valence-corrected chi connectivity index (χ3v) is 4.99. The third-order valence-electron chi connectivity index (χ3n) is 4.74. The lowest BCUT2D eigenvalue weighted by Gasteiger charge is -2.20. The van der Waals surface area contributed by atoms with Gasteiger partial charge in [-0.1, -0.05) is 35.9 Å². The van der Waals surface area contributed by atoms with Crippen molar-refractivity contribution in [1.29, 1.82) is 0 Å². The van der Waals surface area contributed by atoms with Crippen molar-refractivity contribution >= 4 is 23.7 Å². The number of carbonyl (C=O) groups is 2. The highest BCUT2D eigenvalue weighted by atomic mass is 35.5. The minimum Gasteiger partial charge on any atom is -0.493 e. The molecule has 0 aliphatic carbocycles. The molecule has 3 rings (SSSR count). The SMILES string of the molecule is Cc1nc(CCOc2cccc(CN(CC(=O)O)C(=O)OCc3ccc(Cl)cc3)c2)c(C)o1. The molecular weight excluding hydrogens is 448 g/mol. The van der Waals surface area contributed by atoms with E-state index in [1.807, 2.05) is 6.92 Å². The molecule has 0 saturated carbocycles. The van der Waals surface area contributed by atoms with Crippen LogP contribution in [0.25, 0.3) is 0 Å². The summed E-state index contributed by atoms with van der Waals surface area (Å²) in [7, 11) is 0. The van der Waals surface area contributed by atoms with E-state index >= 15 is 0 Å². The minimum atomic E-state index is -1.14. The van der Waals surface area contributed by atoms with Crippen molar-refractivity contribution in [2.75, 3.05) is 13.2 Å². The van der Waals surface area contributed by atoms with E-state index in [9.17, 15) is 14.7 Å². The number of amides is 1. The van der Waals surface area contributed by atoms with Gasteiger partial charge < -0.3 is 19.0 Å². The molecule has 0 radical (unpaired) electrons. The second-order valence-corrected chi connectivity index (χ2v) is 7.85. The van der Waals surface area contributed by atoms with Crippen LogP contribution in [0, 0.1) is 13.8 Å². The molecule has 0 aliphatic rings. The lowest BCUT2D eigenvalue weighted by molar-refractivity contribution is -0.138. The molecule has 174 valence electrons. The van der Waals surface area contributed by atoms with Crippen LogP contribution >= 0.6 is 11.6 Å². The van der Waals surface area contributed by atoms with E-state index in [1.54, 1.807) is 55.5 Å². The second kappa shape index (κ2) is 11.4. The summed E-state index contributed by atoms with van der Waals surface area (Å²) in [6.45, 7) is 3.64. The zero-order valence-electron chi connectivity index (χ0n) is 18.4. The van der Waals surface area contributed by atoms with Crippen molar-refractivity contribution in [3.05, 3.63) is 82.0 Å². The lowest BCUT2D eigenvalue weighted by atomic mass is 10.2. The first-order valence-corrected chi connectivity index (χ1v) is 10.7. The number of halogens is 1. The van der Waals surface area contributed by atoms with Crippen LogP contribution in [0.2, 0.25) is 5.02 Å². The number of benzene rings is 2. The second-order valence-electron chi connectivity index (χ2n) is 7.41. The summed E-state index contributed by atoms with van der Waals surface area (Å²) in [5.41, 5.74) is 2.31. The number of carboxylic acid groups (broad SMARTS) is 1. The summed E-state index contributed by atoms with van der Waals surface area (Å²) >= 11 is 5.86. The van der Waals surface area contributed by atoms with Crippen molar-refractivity contribution < 1.29 is 28.6 Å². The van der Waals surface area contributed by atoms with Gasteiger partial charge in [0, 0.05) is 24.9 Å². The molecule has 0 spiro atoms. The maximum Gasteiger partial charge on any atom is 0.410 e. The Morgan fingerprint density at radius 3 is 2.55 bits per heavy atom. The number of aliphatic carboxylic acids is 1. The first-order chi connectivity index (χ1) is 15.8. The van der Waals surface area contributed by atoms with Crippen LogP contribution in [-0.2, 0) is 29.1 Å². The van der Waals surface area contributed by atoms with E-state index < -0.39 is 18.6 Å². The van der Waals surface area contributed by atoms with E-state index in [2.05, 4.69) is 4.98 Å². The quantitative estimate of drug-likeness (QED) is 0.452. The highest BCUT2D eigenvalue weighted by molar-refractivity contribution is 6.30. The van der Waals surface area contributed by atoms with Gasteiger partial charge in [0.15, 0.2) is 5.89 Å². The molecule has 0 unspecified atom stereocenters. The molecule has 2 aromatic carbocycles. The van der Waals surface area contributed by atoms with E-state index in [-0.39, 0.29) is 13.2 Å². The highest BCUT2D eigenvalue weighted by Crippen LogP contribution is 2.17. The third kappa shape index (κ3) is 7.54. The maximum atomic E-state index is 12.5. The van der Waals surface area contributed by atoms with Crippen LogP contribution in [0.4, 0.5) is 4.79 Å². The number of carboxylic acids is 1. The standard InChI is InChI=1S/C24H25ClN2O6/c1-16-22(26-17(2)33-16)10-11-31-21-5-3-4-19(12-21)13-27(14-23(28)29)24(30)32-15-18-6-8-20(25)9-7-18/h3-9,12H,10-11,13-15H2,1-2H3,(H,28,29). The van der Waals surface area contributed by atoms with Gasteiger partial charge in [-0.05, 0) is 42.3 Å². The van der Waals surface area contributed by atoms with E-state index in [4.69, 9.17) is 25.5 Å². The fraction of sp³-hybridized carbons (Fsp3) is 0.292. The molecule has 1 N–H and O–H groups in total. The van der Waals surface area contributed by atoms with Gasteiger partial charge >= 0.3 is 12.1 Å². The fourth-order valence-corrected chi connectivity index (χ4v) is 3.31. The molecule has 0 fully saturated rings. The van der Waals surface area contributed by atoms with E-state index in [0.29, 0.717) is 35.3 Å². The Morgan fingerprint density at radius 2 is 1.88 bits per heavy atom. The van der Waals surface area contributed by atoms with Gasteiger partial charge in [-0.25, -0.2) is 9.78 Å². The van der Waals surface area contributed by atoms with Crippen molar-refractivity contribution in [1.82, 2.24) is 9.88 Å². The van der Waals surface area contributed by atoms with Crippen molar-refractivity contribution in [2.24, 2.45) is 0 Å². The Bertz CT molecular complexity index is 1100. The zero-order valence-corrected chi connectivity index (χ0v) is 19.2. The molecule has 8 nitrogen and oxygen atoms in total. The number of hydrogen-bond acceptors (Lipinski definition) is 6. The minimum absolute atomic E-state index is 0.0101. The van der Waals surface area contributed by atoms with Gasteiger partial charge in [0.05, 0.1) is 12.3 Å². The lowest BCUT2D eigenvalue weighted by Crippen LogP contribution is -2.35. The van der Waals surface area contributed by atoms with Gasteiger partial charge in [-0.15, -0.1) is 0 Å². The first kappa shape index (κ1) is 24.1. The van der Waals surface area contributed by atoms with Crippen LogP contribution in [-0.4, -0.2) is 40.2 Å². The smallest absolute Gasteiger partial charge is 0.410 e. The summed E-state index contributed by atoms with van der Waals surface area (Å²) in [4.78, 5) is 29.3. The van der Waals surface area contributed by atoms with E-state index in [1.165, 1.54) is 0 Å². The number of aromatic nitrogens is 1. The monoisotopic (exact) mass is 472 g/mol. The molecule has 1 heterocycles. The van der Waals surface area contributed by atoms with Gasteiger partial charge in [0.25, 0.3) is 0 Å². The van der Waals surface area contributed by atoms with Crippen molar-refractivity contribution in [2.45, 2.75) is 33.4 Å². The van der Waals surface area contributed by atoms with Crippen LogP contribution in [0.1, 0.15) is 28.5 Å². The van der Waals surface area contributed by atoms with Gasteiger partial charge in [-0.3, -0.25) is 9.69 Å². The normalized spacial score (nSPS) is 10.6. The molecule has 0 atom stereocenters. The summed E-state index contributed by atoms with van der Waals surface area (Å²) in [6.07, 6.45) is -0.134. The van der Waals surface area contributed by atoms with E-state index in [0.717, 1.165) is 21.9 Å². The summed E-state index contributed by atoms with van der Waals surface area (Å²) in [5, 5.41) is 9.80. The number of nitrogens with zero attached hydrogens (tertiary/aromatic N) is 2. The molecule has 3 aromatic rings. The Morgan fingerprint density at radius 1 is 1.12 bits per heavy atom. The molecule has 0 bridgehead atoms. The van der Waals surface area contributed by atoms with Crippen LogP contribution in [0.5, 0.6) is 5.75 Å². The number of carbonyl (C=O) groups excluding carboxylic acids is 1. The maximum absolute atomic E-state index is 12.5. The summed E-state index contributed by atoms with van der Waals surface area (Å²) < 4.78 is 16.5. The van der Waals surface area contributed by atoms with Gasteiger partial charge in [-0.2, -0.15) is 0 Å². The van der Waals surface area contributed by atoms with Crippen LogP contribution < -0.4 is 4.74 Å². The largest absolute Gasteiger partial charge is 0.493 e. The first-order valence-electron chi connectivity index (χ1n) is 10.3. The topological polar surface area (TPSA) is 102 Å². The highest BCUT2D eigenvalue weighted by Gasteiger charge is 2.19. The molecule has 9 heteroatoms. The Hall–Kier alpha value is -3.52. The molecule has 33 heavy (non-hydrogen) atoms. The number of oxazole rings is 1. The summed E-state index contributed by atoms with van der Waals surface area (Å²) in [5.74, 6) is 0.858.